The number of carboxylic acid groups (broad SMARTS) is 2. The van der Waals surface area contributed by atoms with E-state index in [1.54, 1.807) is 0 Å². The molecule has 1 aromatic rings. The Kier molecular flexibility index (Phi) is 4.27. The van der Waals surface area contributed by atoms with Gasteiger partial charge in [-0.1, -0.05) is 5.16 Å². The standard InChI is InChI=1S/C9H12N2O7S/c1-5-9(6(2)18-10-5)19(16,17)11(3-7(12)13)4-8(14)15/h3-4H2,1-2H3,(H,12,13)(H,14,15). The average Bonchev–Trinajstić information content (AvgIpc) is 2.56. The zero-order chi connectivity index (χ0) is 14.8. The van der Waals surface area contributed by atoms with Gasteiger partial charge in [0.15, 0.2) is 5.76 Å². The van der Waals surface area contributed by atoms with Crippen LogP contribution in [0.15, 0.2) is 9.42 Å². The molecule has 0 bridgehead atoms. The molecule has 1 rings (SSSR count). The molecule has 0 radical (unpaired) electrons. The van der Waals surface area contributed by atoms with Crippen LogP contribution in [0.5, 0.6) is 0 Å². The van der Waals surface area contributed by atoms with E-state index in [0.717, 1.165) is 0 Å². The Morgan fingerprint density at radius 2 is 1.68 bits per heavy atom. The first-order valence-corrected chi connectivity index (χ1v) is 6.47. The number of aliphatic carboxylic acids is 2. The van der Waals surface area contributed by atoms with Crippen molar-refractivity contribution in [3.63, 3.8) is 0 Å². The van der Waals surface area contributed by atoms with Gasteiger partial charge in [-0.15, -0.1) is 0 Å². The van der Waals surface area contributed by atoms with E-state index in [1.807, 2.05) is 0 Å². The number of nitrogens with zero attached hydrogens (tertiary/aromatic N) is 2. The topological polar surface area (TPSA) is 138 Å². The van der Waals surface area contributed by atoms with Gasteiger partial charge in [0.2, 0.25) is 10.0 Å². The zero-order valence-electron chi connectivity index (χ0n) is 10.2. The molecule has 0 aliphatic heterocycles. The van der Waals surface area contributed by atoms with Crippen LogP contribution in [0.2, 0.25) is 0 Å². The largest absolute Gasteiger partial charge is 0.480 e. The highest BCUT2D eigenvalue weighted by Gasteiger charge is 2.33. The second-order valence-electron chi connectivity index (χ2n) is 3.71. The highest BCUT2D eigenvalue weighted by atomic mass is 32.2. The molecular formula is C9H12N2O7S. The number of sulfonamides is 1. The Labute approximate surface area is 108 Å². The van der Waals surface area contributed by atoms with Gasteiger partial charge in [-0.3, -0.25) is 9.59 Å². The van der Waals surface area contributed by atoms with Gasteiger partial charge in [0.05, 0.1) is 0 Å². The third-order valence-corrected chi connectivity index (χ3v) is 4.23. The third-order valence-electron chi connectivity index (χ3n) is 2.19. The fourth-order valence-corrected chi connectivity index (χ4v) is 3.13. The van der Waals surface area contributed by atoms with Gasteiger partial charge in [0, 0.05) is 0 Å². The fourth-order valence-electron chi connectivity index (χ4n) is 1.50. The molecule has 0 amide bonds. The summed E-state index contributed by atoms with van der Waals surface area (Å²) in [7, 11) is -4.29. The molecule has 0 saturated heterocycles. The number of aromatic nitrogens is 1. The lowest BCUT2D eigenvalue weighted by molar-refractivity contribution is -0.139. The predicted molar refractivity (Wildman–Crippen MR) is 60.0 cm³/mol. The summed E-state index contributed by atoms with van der Waals surface area (Å²) < 4.78 is 29.4. The molecule has 1 aromatic heterocycles. The molecule has 0 aromatic carbocycles. The maximum atomic E-state index is 12.2. The molecule has 0 saturated carbocycles. The van der Waals surface area contributed by atoms with Crippen molar-refractivity contribution in [3.8, 4) is 0 Å². The van der Waals surface area contributed by atoms with Crippen LogP contribution in [-0.4, -0.2) is 53.1 Å². The first-order chi connectivity index (χ1) is 8.66. The normalized spacial score (nSPS) is 11.7. The molecule has 0 unspecified atom stereocenters. The van der Waals surface area contributed by atoms with Crippen molar-refractivity contribution >= 4 is 22.0 Å². The predicted octanol–water partition coefficient (Wildman–Crippen LogP) is -0.549. The lowest BCUT2D eigenvalue weighted by Crippen LogP contribution is -2.39. The number of carbonyl (C=O) groups is 2. The van der Waals surface area contributed by atoms with E-state index in [4.69, 9.17) is 14.7 Å². The minimum atomic E-state index is -4.29. The van der Waals surface area contributed by atoms with Crippen molar-refractivity contribution in [1.82, 2.24) is 9.46 Å². The molecule has 9 nitrogen and oxygen atoms in total. The zero-order valence-corrected chi connectivity index (χ0v) is 11.0. The summed E-state index contributed by atoms with van der Waals surface area (Å²) in [4.78, 5) is 21.0. The van der Waals surface area contributed by atoms with E-state index >= 15 is 0 Å². The third kappa shape index (κ3) is 3.29. The van der Waals surface area contributed by atoms with Gasteiger partial charge in [0.1, 0.15) is 23.7 Å². The molecule has 106 valence electrons. The van der Waals surface area contributed by atoms with Crippen molar-refractivity contribution < 1.29 is 32.7 Å². The van der Waals surface area contributed by atoms with E-state index in [1.165, 1.54) is 13.8 Å². The first kappa shape index (κ1) is 15.1. The summed E-state index contributed by atoms with van der Waals surface area (Å²) in [5.41, 5.74) is 0.0401. The van der Waals surface area contributed by atoms with Crippen LogP contribution in [0.25, 0.3) is 0 Å². The molecule has 10 heteroatoms. The van der Waals surface area contributed by atoms with Crippen molar-refractivity contribution in [3.05, 3.63) is 11.5 Å². The van der Waals surface area contributed by atoms with Gasteiger partial charge in [-0.25, -0.2) is 8.42 Å². The summed E-state index contributed by atoms with van der Waals surface area (Å²) in [5.74, 6) is -2.95. The Bertz CT molecular complexity index is 569. The minimum absolute atomic E-state index is 0.0294. The average molecular weight is 292 g/mol. The second kappa shape index (κ2) is 5.36. The van der Waals surface area contributed by atoms with Crippen molar-refractivity contribution in [2.75, 3.05) is 13.1 Å². The lowest BCUT2D eigenvalue weighted by atomic mass is 10.4. The smallest absolute Gasteiger partial charge is 0.318 e. The molecule has 1 heterocycles. The van der Waals surface area contributed by atoms with Gasteiger partial charge in [-0.05, 0) is 13.8 Å². The van der Waals surface area contributed by atoms with E-state index in [9.17, 15) is 18.0 Å². The van der Waals surface area contributed by atoms with E-state index in [-0.39, 0.29) is 16.3 Å². The number of hydrogen-bond donors (Lipinski definition) is 2. The number of hydrogen-bond acceptors (Lipinski definition) is 6. The number of rotatable bonds is 6. The molecule has 0 aliphatic rings. The lowest BCUT2D eigenvalue weighted by Gasteiger charge is -2.17. The van der Waals surface area contributed by atoms with Crippen LogP contribution in [-0.2, 0) is 19.6 Å². The van der Waals surface area contributed by atoms with E-state index < -0.39 is 35.1 Å². The minimum Gasteiger partial charge on any atom is -0.480 e. The SMILES string of the molecule is Cc1noc(C)c1S(=O)(=O)N(CC(=O)O)CC(=O)O. The number of carboxylic acids is 2. The van der Waals surface area contributed by atoms with Gasteiger partial charge in [0.25, 0.3) is 0 Å². The fraction of sp³-hybridized carbons (Fsp3) is 0.444. The quantitative estimate of drug-likeness (QED) is 0.712. The highest BCUT2D eigenvalue weighted by Crippen LogP contribution is 2.22. The Morgan fingerprint density at radius 3 is 2.00 bits per heavy atom. The van der Waals surface area contributed by atoms with E-state index in [2.05, 4.69) is 5.16 Å². The van der Waals surface area contributed by atoms with Crippen LogP contribution in [0.3, 0.4) is 0 Å². The van der Waals surface area contributed by atoms with Crippen molar-refractivity contribution in [2.45, 2.75) is 18.7 Å². The maximum absolute atomic E-state index is 12.2. The molecule has 19 heavy (non-hydrogen) atoms. The molecule has 0 spiro atoms. The van der Waals surface area contributed by atoms with Gasteiger partial charge in [-0.2, -0.15) is 4.31 Å². The summed E-state index contributed by atoms with van der Waals surface area (Å²) in [5, 5.41) is 20.8. The summed E-state index contributed by atoms with van der Waals surface area (Å²) >= 11 is 0. The maximum Gasteiger partial charge on any atom is 0.318 e. The van der Waals surface area contributed by atoms with E-state index in [0.29, 0.717) is 4.31 Å². The van der Waals surface area contributed by atoms with Crippen LogP contribution < -0.4 is 0 Å². The molecule has 2 N–H and O–H groups in total. The van der Waals surface area contributed by atoms with Crippen molar-refractivity contribution in [1.29, 1.82) is 0 Å². The van der Waals surface area contributed by atoms with Crippen LogP contribution in [0, 0.1) is 13.8 Å². The summed E-state index contributed by atoms with van der Waals surface area (Å²) in [6.07, 6.45) is 0. The van der Waals surface area contributed by atoms with Crippen molar-refractivity contribution in [2.24, 2.45) is 0 Å². The molecular weight excluding hydrogens is 280 g/mol. The van der Waals surface area contributed by atoms with Crippen LogP contribution in [0.1, 0.15) is 11.5 Å². The number of aryl methyl sites for hydroxylation is 2. The first-order valence-electron chi connectivity index (χ1n) is 5.03. The monoisotopic (exact) mass is 292 g/mol. The second-order valence-corrected chi connectivity index (χ2v) is 5.59. The molecule has 0 atom stereocenters. The molecule has 0 aliphatic carbocycles. The van der Waals surface area contributed by atoms with Gasteiger partial charge >= 0.3 is 11.9 Å². The molecule has 0 fully saturated rings. The Balaban J connectivity index is 3.27. The Morgan fingerprint density at radius 1 is 1.21 bits per heavy atom. The highest BCUT2D eigenvalue weighted by molar-refractivity contribution is 7.89. The van der Waals surface area contributed by atoms with Gasteiger partial charge < -0.3 is 14.7 Å². The summed E-state index contributed by atoms with van der Waals surface area (Å²) in [6, 6.07) is 0. The Hall–Kier alpha value is -1.94. The van der Waals surface area contributed by atoms with Crippen LogP contribution in [0.4, 0.5) is 0 Å². The summed E-state index contributed by atoms with van der Waals surface area (Å²) in [6.45, 7) is 0.785. The van der Waals surface area contributed by atoms with Crippen LogP contribution >= 0.6 is 0 Å².